The van der Waals surface area contributed by atoms with Gasteiger partial charge in [0.05, 0.1) is 10.9 Å². The molecule has 2 N–H and O–H groups in total. The summed E-state index contributed by atoms with van der Waals surface area (Å²) in [6.07, 6.45) is 3.50. The minimum absolute atomic E-state index is 0.246. The maximum Gasteiger partial charge on any atom is 0.308 e. The van der Waals surface area contributed by atoms with Gasteiger partial charge < -0.3 is 10.4 Å². The molecular formula is C12H13ClN2O3. The van der Waals surface area contributed by atoms with Crippen molar-refractivity contribution in [3.63, 3.8) is 0 Å². The van der Waals surface area contributed by atoms with Crippen molar-refractivity contribution in [1.82, 2.24) is 10.3 Å². The minimum atomic E-state index is -0.859. The first-order valence-corrected chi connectivity index (χ1v) is 6.11. The number of amides is 1. The number of carboxylic acid groups (broad SMARTS) is 1. The van der Waals surface area contributed by atoms with Crippen LogP contribution in [0.5, 0.6) is 0 Å². The molecule has 1 fully saturated rings. The zero-order valence-electron chi connectivity index (χ0n) is 9.60. The summed E-state index contributed by atoms with van der Waals surface area (Å²) in [5.41, 5.74) is 0.246. The Bertz CT molecular complexity index is 461. The Kier molecular flexibility index (Phi) is 3.81. The Balaban J connectivity index is 2.03. The summed E-state index contributed by atoms with van der Waals surface area (Å²) >= 11 is 5.68. The standard InChI is InChI=1S/C12H13ClN2O3/c13-7-4-5-10(14-6-7)11(16)15-9-3-1-2-8(9)12(17)18/h4-6,8-9H,1-3H2,(H,15,16)(H,17,18)/t8-,9-/m0/s1. The van der Waals surface area contributed by atoms with Gasteiger partial charge in [0, 0.05) is 12.2 Å². The van der Waals surface area contributed by atoms with Crippen LogP contribution in [0.25, 0.3) is 0 Å². The van der Waals surface area contributed by atoms with Crippen molar-refractivity contribution in [2.75, 3.05) is 0 Å². The van der Waals surface area contributed by atoms with Gasteiger partial charge in [-0.1, -0.05) is 18.0 Å². The highest BCUT2D eigenvalue weighted by Crippen LogP contribution is 2.26. The van der Waals surface area contributed by atoms with Gasteiger partial charge >= 0.3 is 5.97 Å². The number of aromatic nitrogens is 1. The Morgan fingerprint density at radius 1 is 1.39 bits per heavy atom. The van der Waals surface area contributed by atoms with E-state index in [1.807, 2.05) is 0 Å². The summed E-state index contributed by atoms with van der Waals surface area (Å²) in [5, 5.41) is 12.2. The van der Waals surface area contributed by atoms with Crippen LogP contribution in [0.4, 0.5) is 0 Å². The van der Waals surface area contributed by atoms with Gasteiger partial charge in [-0.3, -0.25) is 9.59 Å². The lowest BCUT2D eigenvalue weighted by Gasteiger charge is -2.17. The van der Waals surface area contributed by atoms with E-state index >= 15 is 0 Å². The van der Waals surface area contributed by atoms with E-state index in [9.17, 15) is 9.59 Å². The van der Waals surface area contributed by atoms with Gasteiger partial charge in [0.2, 0.25) is 0 Å². The molecule has 1 aromatic rings. The first-order valence-electron chi connectivity index (χ1n) is 5.73. The molecule has 0 spiro atoms. The van der Waals surface area contributed by atoms with Crippen LogP contribution in [0.2, 0.25) is 5.02 Å². The van der Waals surface area contributed by atoms with E-state index in [1.54, 1.807) is 6.07 Å². The SMILES string of the molecule is O=C(N[C@H]1CCC[C@@H]1C(=O)O)c1ccc(Cl)cn1. The second-order valence-electron chi connectivity index (χ2n) is 4.32. The van der Waals surface area contributed by atoms with Gasteiger partial charge in [-0.05, 0) is 25.0 Å². The summed E-state index contributed by atoms with van der Waals surface area (Å²) in [5.74, 6) is -1.71. The maximum absolute atomic E-state index is 11.9. The highest BCUT2D eigenvalue weighted by atomic mass is 35.5. The molecule has 0 bridgehead atoms. The molecule has 6 heteroatoms. The fourth-order valence-electron chi connectivity index (χ4n) is 2.18. The van der Waals surface area contributed by atoms with Gasteiger partial charge in [-0.2, -0.15) is 0 Å². The second-order valence-corrected chi connectivity index (χ2v) is 4.75. The van der Waals surface area contributed by atoms with Crippen LogP contribution in [0, 0.1) is 5.92 Å². The molecule has 2 atom stereocenters. The quantitative estimate of drug-likeness (QED) is 0.875. The molecule has 0 aliphatic heterocycles. The lowest BCUT2D eigenvalue weighted by atomic mass is 10.0. The van der Waals surface area contributed by atoms with Crippen molar-refractivity contribution in [3.8, 4) is 0 Å². The Morgan fingerprint density at radius 3 is 2.78 bits per heavy atom. The first-order chi connectivity index (χ1) is 8.58. The molecule has 0 unspecified atom stereocenters. The molecule has 1 aliphatic carbocycles. The van der Waals surface area contributed by atoms with E-state index < -0.39 is 11.9 Å². The van der Waals surface area contributed by atoms with Crippen LogP contribution >= 0.6 is 11.6 Å². The van der Waals surface area contributed by atoms with E-state index in [2.05, 4.69) is 10.3 Å². The Morgan fingerprint density at radius 2 is 2.17 bits per heavy atom. The molecule has 0 aromatic carbocycles. The number of hydrogen-bond acceptors (Lipinski definition) is 3. The second kappa shape index (κ2) is 5.35. The number of rotatable bonds is 3. The fourth-order valence-corrected chi connectivity index (χ4v) is 2.29. The number of carboxylic acids is 1. The van der Waals surface area contributed by atoms with Crippen molar-refractivity contribution in [2.45, 2.75) is 25.3 Å². The summed E-state index contributed by atoms with van der Waals surface area (Å²) in [7, 11) is 0. The van der Waals surface area contributed by atoms with Crippen molar-refractivity contribution >= 4 is 23.5 Å². The lowest BCUT2D eigenvalue weighted by Crippen LogP contribution is -2.40. The summed E-state index contributed by atoms with van der Waals surface area (Å²) in [4.78, 5) is 26.8. The highest BCUT2D eigenvalue weighted by molar-refractivity contribution is 6.30. The third-order valence-electron chi connectivity index (χ3n) is 3.11. The van der Waals surface area contributed by atoms with E-state index in [0.717, 1.165) is 6.42 Å². The topological polar surface area (TPSA) is 79.3 Å². The third kappa shape index (κ3) is 2.79. The molecule has 18 heavy (non-hydrogen) atoms. The maximum atomic E-state index is 11.9. The van der Waals surface area contributed by atoms with Gasteiger partial charge in [0.25, 0.3) is 5.91 Å². The summed E-state index contributed by atoms with van der Waals surface area (Å²) in [6.45, 7) is 0. The van der Waals surface area contributed by atoms with Crippen molar-refractivity contribution in [2.24, 2.45) is 5.92 Å². The number of nitrogens with zero attached hydrogens (tertiary/aromatic N) is 1. The van der Waals surface area contributed by atoms with Crippen LogP contribution < -0.4 is 5.32 Å². The summed E-state index contributed by atoms with van der Waals surface area (Å²) < 4.78 is 0. The molecule has 0 radical (unpaired) electrons. The van der Waals surface area contributed by atoms with Gasteiger partial charge in [-0.25, -0.2) is 4.98 Å². The molecule has 1 amide bonds. The van der Waals surface area contributed by atoms with E-state index in [0.29, 0.717) is 17.9 Å². The third-order valence-corrected chi connectivity index (χ3v) is 3.33. The molecule has 0 saturated heterocycles. The Hall–Kier alpha value is -1.62. The molecular weight excluding hydrogens is 256 g/mol. The fraction of sp³-hybridized carbons (Fsp3) is 0.417. The number of carbonyl (C=O) groups is 2. The van der Waals surface area contributed by atoms with Crippen LogP contribution in [0.15, 0.2) is 18.3 Å². The van der Waals surface area contributed by atoms with E-state index in [-0.39, 0.29) is 17.6 Å². The lowest BCUT2D eigenvalue weighted by molar-refractivity contribution is -0.142. The minimum Gasteiger partial charge on any atom is -0.481 e. The predicted octanol–water partition coefficient (Wildman–Crippen LogP) is 1.72. The van der Waals surface area contributed by atoms with Crippen molar-refractivity contribution in [1.29, 1.82) is 0 Å². The zero-order valence-corrected chi connectivity index (χ0v) is 10.4. The van der Waals surface area contributed by atoms with Crippen molar-refractivity contribution < 1.29 is 14.7 Å². The highest BCUT2D eigenvalue weighted by Gasteiger charge is 2.34. The van der Waals surface area contributed by atoms with Crippen LogP contribution in [0.1, 0.15) is 29.8 Å². The molecule has 5 nitrogen and oxygen atoms in total. The largest absolute Gasteiger partial charge is 0.481 e. The molecule has 1 heterocycles. The van der Waals surface area contributed by atoms with E-state index in [4.69, 9.17) is 16.7 Å². The van der Waals surface area contributed by atoms with Gasteiger partial charge in [0.15, 0.2) is 0 Å². The van der Waals surface area contributed by atoms with Crippen LogP contribution in [0.3, 0.4) is 0 Å². The predicted molar refractivity (Wildman–Crippen MR) is 65.5 cm³/mol. The molecule has 1 aliphatic rings. The molecule has 1 aromatic heterocycles. The molecule has 2 rings (SSSR count). The normalized spacial score (nSPS) is 22.7. The van der Waals surface area contributed by atoms with Crippen LogP contribution in [-0.2, 0) is 4.79 Å². The number of aliphatic carboxylic acids is 1. The van der Waals surface area contributed by atoms with Gasteiger partial charge in [-0.15, -0.1) is 0 Å². The zero-order chi connectivity index (χ0) is 13.1. The molecule has 96 valence electrons. The monoisotopic (exact) mass is 268 g/mol. The number of carbonyl (C=O) groups excluding carboxylic acids is 1. The smallest absolute Gasteiger partial charge is 0.308 e. The van der Waals surface area contributed by atoms with Gasteiger partial charge in [0.1, 0.15) is 5.69 Å². The summed E-state index contributed by atoms with van der Waals surface area (Å²) in [6, 6.07) is 2.78. The number of pyridine rings is 1. The van der Waals surface area contributed by atoms with Crippen molar-refractivity contribution in [3.05, 3.63) is 29.0 Å². The number of hydrogen-bond donors (Lipinski definition) is 2. The first kappa shape index (κ1) is 12.8. The number of halogens is 1. The van der Waals surface area contributed by atoms with Crippen LogP contribution in [-0.4, -0.2) is 28.0 Å². The average Bonchev–Trinajstić information content (AvgIpc) is 2.78. The molecule has 1 saturated carbocycles. The average molecular weight is 269 g/mol. The number of nitrogens with one attached hydrogen (secondary N) is 1. The Labute approximate surface area is 109 Å². The van der Waals surface area contributed by atoms with E-state index in [1.165, 1.54) is 12.3 Å².